The van der Waals surface area contributed by atoms with E-state index in [4.69, 9.17) is 29.1 Å². The number of hydrogen-bond acceptors (Lipinski definition) is 9. The molecule has 0 spiro atoms. The second-order valence-corrected chi connectivity index (χ2v) is 10.8. The number of aryl methyl sites for hydroxylation is 3. The van der Waals surface area contributed by atoms with E-state index in [1.54, 1.807) is 7.11 Å². The van der Waals surface area contributed by atoms with Crippen LogP contribution in [0.5, 0.6) is 5.75 Å². The van der Waals surface area contributed by atoms with Gasteiger partial charge in [0.2, 0.25) is 0 Å². The highest BCUT2D eigenvalue weighted by Gasteiger charge is 2.28. The lowest BCUT2D eigenvalue weighted by Gasteiger charge is -2.26. The molecule has 2 aliphatic rings. The summed E-state index contributed by atoms with van der Waals surface area (Å²) in [5.41, 5.74) is 5.54. The third-order valence-electron chi connectivity index (χ3n) is 7.96. The van der Waals surface area contributed by atoms with Crippen LogP contribution in [-0.2, 0) is 11.3 Å². The Morgan fingerprint density at radius 1 is 1.07 bits per heavy atom. The van der Waals surface area contributed by atoms with Crippen molar-refractivity contribution in [2.75, 3.05) is 45.3 Å². The van der Waals surface area contributed by atoms with Crippen LogP contribution in [0.3, 0.4) is 0 Å². The van der Waals surface area contributed by atoms with E-state index in [9.17, 15) is 0 Å². The highest BCUT2D eigenvalue weighted by atomic mass is 16.5. The molecule has 5 aromatic rings. The van der Waals surface area contributed by atoms with Gasteiger partial charge in [0, 0.05) is 48.1 Å². The van der Waals surface area contributed by atoms with Gasteiger partial charge in [-0.25, -0.2) is 14.6 Å². The van der Waals surface area contributed by atoms with Crippen LogP contribution >= 0.6 is 0 Å². The lowest BCUT2D eigenvalue weighted by Crippen LogP contribution is -2.38. The summed E-state index contributed by atoms with van der Waals surface area (Å²) in [7, 11) is 1.68. The highest BCUT2D eigenvalue weighted by Crippen LogP contribution is 2.42. The molecule has 1 aliphatic carbocycles. The molecular formula is C29H34N8O3. The Morgan fingerprint density at radius 3 is 2.62 bits per heavy atom. The van der Waals surface area contributed by atoms with Crippen molar-refractivity contribution in [3.8, 4) is 16.9 Å². The average Bonchev–Trinajstić information content (AvgIpc) is 3.51. The van der Waals surface area contributed by atoms with Crippen molar-refractivity contribution < 1.29 is 14.0 Å². The first-order valence-electron chi connectivity index (χ1n) is 13.9. The number of fused-ring (bicyclic) bond motifs is 3. The van der Waals surface area contributed by atoms with Gasteiger partial charge in [0.15, 0.2) is 0 Å². The number of aromatic amines is 1. The minimum absolute atomic E-state index is 0.553. The van der Waals surface area contributed by atoms with Crippen molar-refractivity contribution in [3.63, 3.8) is 0 Å². The Labute approximate surface area is 231 Å². The second-order valence-electron chi connectivity index (χ2n) is 10.8. The molecule has 11 nitrogen and oxygen atoms in total. The van der Waals surface area contributed by atoms with Crippen LogP contribution in [0.4, 0.5) is 11.6 Å². The van der Waals surface area contributed by atoms with Crippen molar-refractivity contribution in [2.24, 2.45) is 0 Å². The number of nitrogens with one attached hydrogen (secondary N) is 2. The van der Waals surface area contributed by atoms with Crippen molar-refractivity contribution in [1.29, 1.82) is 0 Å². The summed E-state index contributed by atoms with van der Waals surface area (Å²) in [6.45, 7) is 11.0. The fourth-order valence-electron chi connectivity index (χ4n) is 5.73. The predicted octanol–water partition coefficient (Wildman–Crippen LogP) is 4.85. The van der Waals surface area contributed by atoms with Crippen molar-refractivity contribution in [2.45, 2.75) is 46.1 Å². The largest absolute Gasteiger partial charge is 0.496 e. The van der Waals surface area contributed by atoms with Gasteiger partial charge in [-0.15, -0.1) is 0 Å². The van der Waals surface area contributed by atoms with Crippen LogP contribution in [0.2, 0.25) is 0 Å². The Morgan fingerprint density at radius 2 is 1.90 bits per heavy atom. The standard InChI is InChI=1S/C29H34N8O3/c1-16-26(17(2)40-35-16)21-13-23-20(14-24(21)38-4)27-28(32-23)30-18(3)31-29(27)33-25-15-22(19-5-6-19)34-37(25)8-7-36-9-11-39-12-10-36/h13-15,19H,5-12H2,1-4H3,(H2,30,31,32,33). The smallest absolute Gasteiger partial charge is 0.145 e. The third-order valence-corrected chi connectivity index (χ3v) is 7.96. The minimum atomic E-state index is 0.553. The lowest BCUT2D eigenvalue weighted by molar-refractivity contribution is 0.0360. The van der Waals surface area contributed by atoms with Gasteiger partial charge in [0.25, 0.3) is 0 Å². The number of aromatic nitrogens is 6. The molecule has 4 aromatic heterocycles. The first-order valence-corrected chi connectivity index (χ1v) is 13.9. The van der Waals surface area contributed by atoms with Crippen LogP contribution in [0.25, 0.3) is 33.1 Å². The van der Waals surface area contributed by atoms with E-state index in [1.165, 1.54) is 12.8 Å². The highest BCUT2D eigenvalue weighted by molar-refractivity contribution is 6.13. The van der Waals surface area contributed by atoms with E-state index in [0.29, 0.717) is 11.7 Å². The molecule has 1 aliphatic heterocycles. The number of methoxy groups -OCH3 is 1. The number of morpholine rings is 1. The Balaban J connectivity index is 1.30. The van der Waals surface area contributed by atoms with Gasteiger partial charge in [-0.3, -0.25) is 4.90 Å². The van der Waals surface area contributed by atoms with Gasteiger partial charge >= 0.3 is 0 Å². The molecule has 0 radical (unpaired) electrons. The van der Waals surface area contributed by atoms with Crippen LogP contribution < -0.4 is 10.1 Å². The van der Waals surface area contributed by atoms with Crippen molar-refractivity contribution in [3.05, 3.63) is 41.2 Å². The zero-order chi connectivity index (χ0) is 27.4. The maximum Gasteiger partial charge on any atom is 0.145 e. The number of hydrogen-bond donors (Lipinski definition) is 2. The molecule has 208 valence electrons. The Kier molecular flexibility index (Phi) is 6.20. The zero-order valence-corrected chi connectivity index (χ0v) is 23.4. The van der Waals surface area contributed by atoms with Gasteiger partial charge in [-0.2, -0.15) is 5.10 Å². The summed E-state index contributed by atoms with van der Waals surface area (Å²) in [6.07, 6.45) is 2.40. The maximum absolute atomic E-state index is 5.86. The van der Waals surface area contributed by atoms with E-state index < -0.39 is 0 Å². The summed E-state index contributed by atoms with van der Waals surface area (Å²) in [4.78, 5) is 15.5. The van der Waals surface area contributed by atoms with E-state index >= 15 is 0 Å². The van der Waals surface area contributed by atoms with E-state index in [2.05, 4.69) is 37.2 Å². The number of nitrogens with zero attached hydrogens (tertiary/aromatic N) is 6. The van der Waals surface area contributed by atoms with Crippen LogP contribution in [0.1, 0.15) is 41.7 Å². The fraction of sp³-hybridized carbons (Fsp3) is 0.448. The summed E-state index contributed by atoms with van der Waals surface area (Å²) in [6, 6.07) is 6.31. The number of H-pyrrole nitrogens is 1. The molecular weight excluding hydrogens is 508 g/mol. The van der Waals surface area contributed by atoms with Gasteiger partial charge < -0.3 is 24.3 Å². The molecule has 1 saturated heterocycles. The third kappa shape index (κ3) is 4.48. The molecule has 0 bridgehead atoms. The van der Waals surface area contributed by atoms with Crippen LogP contribution in [0.15, 0.2) is 22.7 Å². The molecule has 5 heterocycles. The number of rotatable bonds is 8. The number of anilines is 2. The van der Waals surface area contributed by atoms with Gasteiger partial charge in [-0.1, -0.05) is 5.16 Å². The predicted molar refractivity (Wildman–Crippen MR) is 152 cm³/mol. The van der Waals surface area contributed by atoms with E-state index in [0.717, 1.165) is 107 Å². The van der Waals surface area contributed by atoms with Crippen molar-refractivity contribution >= 4 is 33.6 Å². The molecule has 1 aromatic carbocycles. The first-order chi connectivity index (χ1) is 19.5. The molecule has 0 unspecified atom stereocenters. The molecule has 1 saturated carbocycles. The average molecular weight is 543 g/mol. The molecule has 11 heteroatoms. The van der Waals surface area contributed by atoms with Gasteiger partial charge in [0.1, 0.15) is 34.6 Å². The second kappa shape index (κ2) is 9.90. The summed E-state index contributed by atoms with van der Waals surface area (Å²) in [5.74, 6) is 4.42. The summed E-state index contributed by atoms with van der Waals surface area (Å²) < 4.78 is 18.9. The molecule has 0 amide bonds. The molecule has 0 atom stereocenters. The summed E-state index contributed by atoms with van der Waals surface area (Å²) >= 11 is 0. The fourth-order valence-corrected chi connectivity index (χ4v) is 5.73. The monoisotopic (exact) mass is 542 g/mol. The van der Waals surface area contributed by atoms with E-state index in [1.807, 2.05) is 26.8 Å². The van der Waals surface area contributed by atoms with Gasteiger partial charge in [0.05, 0.1) is 49.2 Å². The normalized spacial score (nSPS) is 16.3. The van der Waals surface area contributed by atoms with Gasteiger partial charge in [-0.05, 0) is 45.7 Å². The number of ether oxygens (including phenoxy) is 2. The minimum Gasteiger partial charge on any atom is -0.496 e. The molecule has 2 N–H and O–H groups in total. The SMILES string of the molecule is COc1cc2c(cc1-c1c(C)noc1C)[nH]c1nc(C)nc(Nc3cc(C4CC4)nn3CCN3CCOCC3)c12. The quantitative estimate of drug-likeness (QED) is 0.284. The van der Waals surface area contributed by atoms with Crippen LogP contribution in [0, 0.1) is 20.8 Å². The molecule has 2 fully saturated rings. The molecule has 7 rings (SSSR count). The first kappa shape index (κ1) is 25.0. The van der Waals surface area contributed by atoms with Crippen LogP contribution in [-0.4, -0.2) is 74.7 Å². The van der Waals surface area contributed by atoms with Crippen molar-refractivity contribution in [1.82, 2.24) is 34.8 Å². The Hall–Kier alpha value is -3.96. The topological polar surface area (TPSA) is 119 Å². The molecule has 40 heavy (non-hydrogen) atoms. The van der Waals surface area contributed by atoms with E-state index in [-0.39, 0.29) is 0 Å². The maximum atomic E-state index is 5.86. The lowest BCUT2D eigenvalue weighted by atomic mass is 10.0. The summed E-state index contributed by atoms with van der Waals surface area (Å²) in [5, 5.41) is 14.7. The Bertz CT molecular complexity index is 1690. The number of benzene rings is 1. The zero-order valence-electron chi connectivity index (χ0n) is 23.4.